The number of rotatable bonds is 9. The third-order valence-electron chi connectivity index (χ3n) is 4.17. The zero-order valence-corrected chi connectivity index (χ0v) is 17.9. The molecule has 164 valence electrons. The number of hydrogen-bond donors (Lipinski definition) is 1. The first-order valence-corrected chi connectivity index (χ1v) is 9.18. The number of hydroxylamine groups is 1. The fourth-order valence-corrected chi connectivity index (χ4v) is 2.75. The highest BCUT2D eigenvalue weighted by atomic mass is 19.1. The van der Waals surface area contributed by atoms with Crippen LogP contribution in [0.25, 0.3) is 5.70 Å². The van der Waals surface area contributed by atoms with Crippen molar-refractivity contribution < 1.29 is 28.4 Å². The molecule has 0 unspecified atom stereocenters. The summed E-state index contributed by atoms with van der Waals surface area (Å²) in [4.78, 5) is 27.5. The largest absolute Gasteiger partial charge is 0.464 e. The maximum Gasteiger partial charge on any atom is 0.360 e. The van der Waals surface area contributed by atoms with Gasteiger partial charge in [-0.1, -0.05) is 28.5 Å². The van der Waals surface area contributed by atoms with Crippen LogP contribution in [-0.2, 0) is 24.0 Å². The normalized spacial score (nSPS) is 12.4. The van der Waals surface area contributed by atoms with Crippen molar-refractivity contribution in [2.75, 3.05) is 21.3 Å². The van der Waals surface area contributed by atoms with Crippen LogP contribution in [-0.4, -0.2) is 39.2 Å². The van der Waals surface area contributed by atoms with Crippen LogP contribution in [0.5, 0.6) is 0 Å². The average Bonchev–Trinajstić information content (AvgIpc) is 2.76. The van der Waals surface area contributed by atoms with Crippen molar-refractivity contribution in [3.63, 3.8) is 0 Å². The molecule has 0 saturated carbocycles. The fourth-order valence-electron chi connectivity index (χ4n) is 2.75. The number of benzene rings is 2. The summed E-state index contributed by atoms with van der Waals surface area (Å²) < 4.78 is 18.0. The Balaban J connectivity index is 2.38. The zero-order valence-electron chi connectivity index (χ0n) is 17.9. The molecule has 0 aliphatic carbocycles. The number of esters is 1. The molecule has 2 aromatic rings. The molecule has 0 radical (unpaired) electrons. The van der Waals surface area contributed by atoms with E-state index in [4.69, 9.17) is 19.2 Å². The molecule has 8 nitrogen and oxygen atoms in total. The molecule has 31 heavy (non-hydrogen) atoms. The summed E-state index contributed by atoms with van der Waals surface area (Å²) in [7, 11) is 4.05. The number of ether oxygens (including phenoxy) is 1. The van der Waals surface area contributed by atoms with E-state index >= 15 is 0 Å². The lowest BCUT2D eigenvalue weighted by Gasteiger charge is -2.12. The number of carbonyl (C=O) groups is 1. The van der Waals surface area contributed by atoms with Gasteiger partial charge in [-0.3, -0.25) is 10.3 Å². The van der Waals surface area contributed by atoms with Crippen molar-refractivity contribution in [2.24, 2.45) is 10.3 Å². The highest BCUT2D eigenvalue weighted by molar-refractivity contribution is 6.44. The average molecular weight is 429 g/mol. The quantitative estimate of drug-likeness (QED) is 0.284. The minimum absolute atomic E-state index is 0.00450. The number of aryl methyl sites for hydroxylation is 1. The predicted molar refractivity (Wildman–Crippen MR) is 115 cm³/mol. The second kappa shape index (κ2) is 11.5. The van der Waals surface area contributed by atoms with Crippen LogP contribution in [0.2, 0.25) is 0 Å². The lowest BCUT2D eigenvalue weighted by Crippen LogP contribution is -2.20. The summed E-state index contributed by atoms with van der Waals surface area (Å²) >= 11 is 0. The Bertz CT molecular complexity index is 1000. The third kappa shape index (κ3) is 6.13. The molecule has 0 spiro atoms. The molecule has 0 atom stereocenters. The Morgan fingerprint density at radius 2 is 1.81 bits per heavy atom. The Hall–Kier alpha value is -3.72. The number of oxime groups is 2. The number of allylic oxidation sites excluding steroid dienone is 1. The van der Waals surface area contributed by atoms with Gasteiger partial charge in [-0.25, -0.2) is 9.18 Å². The number of nitrogens with zero attached hydrogens (tertiary/aromatic N) is 2. The van der Waals surface area contributed by atoms with E-state index in [1.807, 2.05) is 13.0 Å². The molecular weight excluding hydrogens is 405 g/mol. The van der Waals surface area contributed by atoms with E-state index in [0.717, 1.165) is 5.56 Å². The van der Waals surface area contributed by atoms with Gasteiger partial charge in [0.1, 0.15) is 18.6 Å². The van der Waals surface area contributed by atoms with E-state index in [1.54, 1.807) is 31.2 Å². The summed E-state index contributed by atoms with van der Waals surface area (Å²) in [5, 5.41) is 7.82. The van der Waals surface area contributed by atoms with Gasteiger partial charge in [-0.15, -0.1) is 0 Å². The van der Waals surface area contributed by atoms with Gasteiger partial charge in [0.05, 0.1) is 20.4 Å². The summed E-state index contributed by atoms with van der Waals surface area (Å²) in [6.45, 7) is 3.49. The molecule has 9 heteroatoms. The van der Waals surface area contributed by atoms with Gasteiger partial charge >= 0.3 is 5.97 Å². The minimum atomic E-state index is -0.648. The number of nitrogens with one attached hydrogen (secondary N) is 1. The molecule has 0 heterocycles. The van der Waals surface area contributed by atoms with E-state index in [0.29, 0.717) is 28.1 Å². The number of halogens is 1. The highest BCUT2D eigenvalue weighted by Gasteiger charge is 2.21. The lowest BCUT2D eigenvalue weighted by atomic mass is 9.98. The van der Waals surface area contributed by atoms with Crippen molar-refractivity contribution in [1.29, 1.82) is 0 Å². The Kier molecular flexibility index (Phi) is 8.71. The Labute approximate surface area is 179 Å². The van der Waals surface area contributed by atoms with Crippen molar-refractivity contribution in [1.82, 2.24) is 5.48 Å². The second-order valence-corrected chi connectivity index (χ2v) is 6.22. The van der Waals surface area contributed by atoms with Crippen LogP contribution in [0.3, 0.4) is 0 Å². The van der Waals surface area contributed by atoms with Crippen LogP contribution in [0.1, 0.15) is 29.2 Å². The van der Waals surface area contributed by atoms with E-state index in [-0.39, 0.29) is 11.5 Å². The second-order valence-electron chi connectivity index (χ2n) is 6.22. The van der Waals surface area contributed by atoms with Crippen LogP contribution in [0.15, 0.2) is 58.5 Å². The first-order valence-electron chi connectivity index (χ1n) is 9.18. The van der Waals surface area contributed by atoms with E-state index in [2.05, 4.69) is 15.8 Å². The highest BCUT2D eigenvalue weighted by Crippen LogP contribution is 2.19. The molecule has 0 saturated heterocycles. The molecule has 0 amide bonds. The first-order chi connectivity index (χ1) is 14.9. The van der Waals surface area contributed by atoms with Crippen molar-refractivity contribution in [3.05, 3.63) is 76.3 Å². The molecular formula is C22H24FN3O5. The Morgan fingerprint density at radius 1 is 1.10 bits per heavy atom. The van der Waals surface area contributed by atoms with E-state index in [9.17, 15) is 9.18 Å². The Morgan fingerprint density at radius 3 is 2.42 bits per heavy atom. The maximum atomic E-state index is 13.2. The van der Waals surface area contributed by atoms with Gasteiger partial charge in [0.2, 0.25) is 0 Å². The van der Waals surface area contributed by atoms with Crippen LogP contribution in [0, 0.1) is 12.7 Å². The summed E-state index contributed by atoms with van der Waals surface area (Å²) in [5.74, 6) is -0.633. The smallest absolute Gasteiger partial charge is 0.360 e. The number of hydrogen-bond acceptors (Lipinski definition) is 8. The van der Waals surface area contributed by atoms with Gasteiger partial charge in [0.15, 0.2) is 11.5 Å². The van der Waals surface area contributed by atoms with Crippen LogP contribution < -0.4 is 5.48 Å². The minimum Gasteiger partial charge on any atom is -0.464 e. The fraction of sp³-hybridized carbons (Fsp3) is 0.227. The van der Waals surface area contributed by atoms with Crippen LogP contribution >= 0.6 is 0 Å². The van der Waals surface area contributed by atoms with Gasteiger partial charge in [-0.05, 0) is 43.7 Å². The summed E-state index contributed by atoms with van der Waals surface area (Å²) in [5.41, 5.74) is 5.66. The topological polar surface area (TPSA) is 90.7 Å². The van der Waals surface area contributed by atoms with Crippen LogP contribution in [0.4, 0.5) is 4.39 Å². The van der Waals surface area contributed by atoms with E-state index in [1.165, 1.54) is 39.7 Å². The summed E-state index contributed by atoms with van der Waals surface area (Å²) in [6, 6.07) is 11.2. The van der Waals surface area contributed by atoms with Crippen molar-refractivity contribution in [3.8, 4) is 0 Å². The number of methoxy groups -OCH3 is 1. The maximum absolute atomic E-state index is 13.2. The predicted octanol–water partition coefficient (Wildman–Crippen LogP) is 3.55. The molecule has 0 aromatic heterocycles. The van der Waals surface area contributed by atoms with Gasteiger partial charge in [0.25, 0.3) is 0 Å². The van der Waals surface area contributed by atoms with Gasteiger partial charge in [0, 0.05) is 16.7 Å². The van der Waals surface area contributed by atoms with Crippen molar-refractivity contribution >= 4 is 23.6 Å². The van der Waals surface area contributed by atoms with Gasteiger partial charge < -0.3 is 14.4 Å². The van der Waals surface area contributed by atoms with Gasteiger partial charge in [-0.2, -0.15) is 0 Å². The number of carbonyl (C=O) groups excluding carboxylic acids is 1. The monoisotopic (exact) mass is 429 g/mol. The zero-order chi connectivity index (χ0) is 22.8. The van der Waals surface area contributed by atoms with Crippen molar-refractivity contribution in [2.45, 2.75) is 13.8 Å². The SMILES string of the molecule is CON=C(C(=O)OC)c1c(C)cccc1C=NOC(C)=C(NOC)c1ccc(F)cc1. The van der Waals surface area contributed by atoms with E-state index < -0.39 is 5.97 Å². The molecule has 2 rings (SSSR count). The molecule has 0 aliphatic rings. The molecule has 2 aromatic carbocycles. The first kappa shape index (κ1) is 23.6. The lowest BCUT2D eigenvalue weighted by molar-refractivity contribution is -0.132. The third-order valence-corrected chi connectivity index (χ3v) is 4.17. The standard InChI is InChI=1S/C22H24FN3O5/c1-14-7-6-8-17(19(14)21(26-30-5)22(27)28-3)13-24-31-15(2)20(25-29-4)16-9-11-18(23)12-10-16/h6-13,25H,1-5H3. The molecule has 1 N–H and O–H groups in total. The molecule has 0 fully saturated rings. The molecule has 0 aliphatic heterocycles. The molecule has 0 bridgehead atoms. The summed E-state index contributed by atoms with van der Waals surface area (Å²) in [6.07, 6.45) is 1.44.